The number of urea groups is 1. The number of esters is 1. The molecular formula is C24H33N3O5. The molecule has 3 rings (SSSR count). The van der Waals surface area contributed by atoms with Gasteiger partial charge < -0.3 is 15.4 Å². The average molecular weight is 444 g/mol. The normalized spacial score (nSPS) is 24.3. The number of hydrogen-bond donors (Lipinski definition) is 2. The minimum Gasteiger partial charge on any atom is -0.451 e. The molecule has 1 atom stereocenters. The maximum Gasteiger partial charge on any atom is 0.327 e. The second kappa shape index (κ2) is 8.92. The highest BCUT2D eigenvalue weighted by molar-refractivity contribution is 6.09. The van der Waals surface area contributed by atoms with E-state index < -0.39 is 36.1 Å². The van der Waals surface area contributed by atoms with Gasteiger partial charge in [0.05, 0.1) is 0 Å². The van der Waals surface area contributed by atoms with E-state index in [1.807, 2.05) is 19.1 Å². The molecule has 1 aliphatic heterocycles. The lowest BCUT2D eigenvalue weighted by molar-refractivity contribution is -0.155. The van der Waals surface area contributed by atoms with Gasteiger partial charge in [-0.15, -0.1) is 0 Å². The van der Waals surface area contributed by atoms with Gasteiger partial charge in [0.1, 0.15) is 12.1 Å². The van der Waals surface area contributed by atoms with Gasteiger partial charge in [-0.1, -0.05) is 39.0 Å². The van der Waals surface area contributed by atoms with Crippen molar-refractivity contribution in [1.29, 1.82) is 0 Å². The zero-order chi connectivity index (χ0) is 23.7. The van der Waals surface area contributed by atoms with Crippen molar-refractivity contribution in [3.63, 3.8) is 0 Å². The van der Waals surface area contributed by atoms with Gasteiger partial charge in [0.25, 0.3) is 11.8 Å². The van der Waals surface area contributed by atoms with Crippen LogP contribution in [0.3, 0.4) is 0 Å². The maximum atomic E-state index is 13.0. The lowest BCUT2D eigenvalue weighted by Gasteiger charge is -2.40. The minimum absolute atomic E-state index is 0.145. The quantitative estimate of drug-likeness (QED) is 0.536. The number of amides is 4. The van der Waals surface area contributed by atoms with E-state index in [0.29, 0.717) is 24.4 Å². The molecule has 1 aromatic rings. The summed E-state index contributed by atoms with van der Waals surface area (Å²) in [5, 5.41) is 5.53. The molecule has 0 bridgehead atoms. The number of nitrogens with zero attached hydrogens (tertiary/aromatic N) is 1. The highest BCUT2D eigenvalue weighted by atomic mass is 16.5. The van der Waals surface area contributed by atoms with Gasteiger partial charge >= 0.3 is 12.0 Å². The monoisotopic (exact) mass is 443 g/mol. The fourth-order valence-electron chi connectivity index (χ4n) is 4.50. The molecule has 1 heterocycles. The van der Waals surface area contributed by atoms with Crippen LogP contribution < -0.4 is 10.6 Å². The zero-order valence-corrected chi connectivity index (χ0v) is 19.5. The standard InChI is InChI=1S/C24H33N3O5/c1-15-8-6-7-9-18(15)25-20(29)16(2)32-19(28)14-27-21(30)24(26-22(27)31)12-10-17(11-13-24)23(3,4)5/h6-9,16-17H,10-14H2,1-5H3,(H,25,29)(H,26,31). The zero-order valence-electron chi connectivity index (χ0n) is 19.5. The largest absolute Gasteiger partial charge is 0.451 e. The van der Waals surface area contributed by atoms with Crippen molar-refractivity contribution in [2.24, 2.45) is 11.3 Å². The molecule has 1 spiro atoms. The molecule has 1 unspecified atom stereocenters. The summed E-state index contributed by atoms with van der Waals surface area (Å²) in [6.07, 6.45) is 1.72. The number of anilines is 1. The SMILES string of the molecule is Cc1ccccc1NC(=O)C(C)OC(=O)CN1C(=O)NC2(CCC(C(C)(C)C)CC2)C1=O. The summed E-state index contributed by atoms with van der Waals surface area (Å²) in [4.78, 5) is 51.2. The fraction of sp³-hybridized carbons (Fsp3) is 0.583. The molecule has 0 radical (unpaired) electrons. The molecule has 174 valence electrons. The summed E-state index contributed by atoms with van der Waals surface area (Å²) in [6, 6.07) is 6.67. The Morgan fingerprint density at radius 2 is 1.84 bits per heavy atom. The van der Waals surface area contributed by atoms with Gasteiger partial charge in [-0.05, 0) is 62.5 Å². The van der Waals surface area contributed by atoms with E-state index in [4.69, 9.17) is 4.74 Å². The van der Waals surface area contributed by atoms with Crippen LogP contribution in [0.25, 0.3) is 0 Å². The molecule has 2 N–H and O–H groups in total. The third-order valence-corrected chi connectivity index (χ3v) is 6.68. The number of imide groups is 1. The first kappa shape index (κ1) is 23.8. The molecular weight excluding hydrogens is 410 g/mol. The minimum atomic E-state index is -1.07. The highest BCUT2D eigenvalue weighted by Crippen LogP contribution is 2.43. The van der Waals surface area contributed by atoms with Crippen molar-refractivity contribution in [2.75, 3.05) is 11.9 Å². The lowest BCUT2D eigenvalue weighted by Crippen LogP contribution is -2.50. The van der Waals surface area contributed by atoms with E-state index in [-0.39, 0.29) is 11.3 Å². The van der Waals surface area contributed by atoms with Gasteiger partial charge in [-0.2, -0.15) is 0 Å². The summed E-state index contributed by atoms with van der Waals surface area (Å²) in [5.74, 6) is -1.20. The Hall–Kier alpha value is -2.90. The molecule has 8 nitrogen and oxygen atoms in total. The number of nitrogens with one attached hydrogen (secondary N) is 2. The topological polar surface area (TPSA) is 105 Å². The second-order valence-electron chi connectivity index (χ2n) is 9.98. The Morgan fingerprint density at radius 1 is 1.22 bits per heavy atom. The molecule has 1 saturated heterocycles. The predicted octanol–water partition coefficient (Wildman–Crippen LogP) is 3.39. The Kier molecular flexibility index (Phi) is 6.62. The van der Waals surface area contributed by atoms with Crippen molar-refractivity contribution in [2.45, 2.75) is 71.9 Å². The number of benzene rings is 1. The Labute approximate surface area is 189 Å². The average Bonchev–Trinajstić information content (AvgIpc) is 2.93. The first-order chi connectivity index (χ1) is 14.9. The van der Waals surface area contributed by atoms with Crippen molar-refractivity contribution in [3.8, 4) is 0 Å². The predicted molar refractivity (Wildman–Crippen MR) is 120 cm³/mol. The van der Waals surface area contributed by atoms with Crippen LogP contribution in [-0.2, 0) is 19.1 Å². The number of hydrogen-bond acceptors (Lipinski definition) is 5. The fourth-order valence-corrected chi connectivity index (χ4v) is 4.50. The number of aryl methyl sites for hydroxylation is 1. The van der Waals surface area contributed by atoms with E-state index in [1.54, 1.807) is 12.1 Å². The summed E-state index contributed by atoms with van der Waals surface area (Å²) >= 11 is 0. The Balaban J connectivity index is 1.56. The van der Waals surface area contributed by atoms with E-state index in [2.05, 4.69) is 31.4 Å². The summed E-state index contributed by atoms with van der Waals surface area (Å²) in [7, 11) is 0. The van der Waals surface area contributed by atoms with Crippen LogP contribution in [0.1, 0.15) is 58.9 Å². The molecule has 0 aromatic heterocycles. The molecule has 2 aliphatic rings. The van der Waals surface area contributed by atoms with Crippen LogP contribution >= 0.6 is 0 Å². The number of carbonyl (C=O) groups is 4. The van der Waals surface area contributed by atoms with E-state index >= 15 is 0 Å². The van der Waals surface area contributed by atoms with Crippen LogP contribution in [-0.4, -0.2) is 46.9 Å². The van der Waals surface area contributed by atoms with Gasteiger partial charge in [-0.3, -0.25) is 19.3 Å². The molecule has 2 fully saturated rings. The van der Waals surface area contributed by atoms with Crippen LogP contribution in [0.2, 0.25) is 0 Å². The van der Waals surface area contributed by atoms with E-state index in [0.717, 1.165) is 23.3 Å². The molecule has 1 saturated carbocycles. The number of ether oxygens (including phenoxy) is 1. The van der Waals surface area contributed by atoms with Crippen molar-refractivity contribution in [1.82, 2.24) is 10.2 Å². The Morgan fingerprint density at radius 3 is 2.44 bits per heavy atom. The smallest absolute Gasteiger partial charge is 0.327 e. The van der Waals surface area contributed by atoms with Crippen molar-refractivity contribution < 1.29 is 23.9 Å². The van der Waals surface area contributed by atoms with Crippen LogP contribution in [0.15, 0.2) is 24.3 Å². The number of para-hydroxylation sites is 1. The summed E-state index contributed by atoms with van der Waals surface area (Å²) < 4.78 is 5.20. The van der Waals surface area contributed by atoms with Crippen LogP contribution in [0.4, 0.5) is 10.5 Å². The van der Waals surface area contributed by atoms with Crippen molar-refractivity contribution in [3.05, 3.63) is 29.8 Å². The van der Waals surface area contributed by atoms with Gasteiger partial charge in [0.15, 0.2) is 6.10 Å². The molecule has 4 amide bonds. The highest BCUT2D eigenvalue weighted by Gasteiger charge is 2.53. The van der Waals surface area contributed by atoms with Crippen LogP contribution in [0.5, 0.6) is 0 Å². The summed E-state index contributed by atoms with van der Waals surface area (Å²) in [6.45, 7) is 9.34. The van der Waals surface area contributed by atoms with Gasteiger partial charge in [0.2, 0.25) is 0 Å². The van der Waals surface area contributed by atoms with Gasteiger partial charge in [-0.25, -0.2) is 4.79 Å². The molecule has 1 aromatic carbocycles. The third-order valence-electron chi connectivity index (χ3n) is 6.68. The van der Waals surface area contributed by atoms with Gasteiger partial charge in [0, 0.05) is 5.69 Å². The molecule has 32 heavy (non-hydrogen) atoms. The Bertz CT molecular complexity index is 912. The number of carbonyl (C=O) groups excluding carboxylic acids is 4. The van der Waals surface area contributed by atoms with E-state index in [9.17, 15) is 19.2 Å². The van der Waals surface area contributed by atoms with Crippen molar-refractivity contribution >= 4 is 29.5 Å². The van der Waals surface area contributed by atoms with Crippen LogP contribution in [0, 0.1) is 18.3 Å². The second-order valence-corrected chi connectivity index (χ2v) is 9.98. The lowest BCUT2D eigenvalue weighted by atomic mass is 9.67. The number of rotatable bonds is 5. The first-order valence-electron chi connectivity index (χ1n) is 11.1. The molecule has 8 heteroatoms. The summed E-state index contributed by atoms with van der Waals surface area (Å²) in [5.41, 5.74) is 0.714. The van der Waals surface area contributed by atoms with E-state index in [1.165, 1.54) is 6.92 Å². The molecule has 1 aliphatic carbocycles. The first-order valence-corrected chi connectivity index (χ1v) is 11.1. The third kappa shape index (κ3) is 4.95. The maximum absolute atomic E-state index is 13.0.